The summed E-state index contributed by atoms with van der Waals surface area (Å²) in [6, 6.07) is 9.70. The number of oxazole rings is 2. The third kappa shape index (κ3) is 2.31. The van der Waals surface area contributed by atoms with Crippen LogP contribution < -0.4 is 22.3 Å². The molecular formula is C18H10N4O3S2. The van der Waals surface area contributed by atoms with Crippen molar-refractivity contribution < 1.29 is 8.83 Å². The van der Waals surface area contributed by atoms with Crippen LogP contribution in [0.5, 0.6) is 0 Å². The summed E-state index contributed by atoms with van der Waals surface area (Å²) in [6.07, 6.45) is 1.70. The normalized spacial score (nSPS) is 16.2. The van der Waals surface area contributed by atoms with Gasteiger partial charge in [0, 0.05) is 9.75 Å². The maximum atomic E-state index is 12.6. The molecule has 0 spiro atoms. The molecule has 1 aliphatic rings. The van der Waals surface area contributed by atoms with Gasteiger partial charge in [0.25, 0.3) is 6.01 Å². The van der Waals surface area contributed by atoms with Crippen LogP contribution in [0.25, 0.3) is 17.5 Å². The fourth-order valence-electron chi connectivity index (χ4n) is 3.19. The lowest BCUT2D eigenvalue weighted by Crippen LogP contribution is -2.35. The van der Waals surface area contributed by atoms with E-state index < -0.39 is 11.5 Å². The number of aromatic nitrogens is 2. The molecule has 5 heterocycles. The average molecular weight is 394 g/mol. The van der Waals surface area contributed by atoms with E-state index >= 15 is 0 Å². The number of nitrogens with zero attached hydrogens (tertiary/aromatic N) is 3. The van der Waals surface area contributed by atoms with Crippen molar-refractivity contribution in [3.63, 3.8) is 0 Å². The van der Waals surface area contributed by atoms with Crippen LogP contribution in [0.4, 0.5) is 6.01 Å². The predicted molar refractivity (Wildman–Crippen MR) is 101 cm³/mol. The van der Waals surface area contributed by atoms with Gasteiger partial charge in [-0.2, -0.15) is 10.2 Å². The molecular weight excluding hydrogens is 384 g/mol. The Balaban J connectivity index is 1.94. The number of fused-ring (bicyclic) bond motifs is 3. The van der Waals surface area contributed by atoms with Crippen LogP contribution in [0, 0.1) is 11.3 Å². The SMILES string of the molecule is N#CC1=c2oc(=O)/c(=C\c3cccs3)n2-c2oc(N)nc2[C@H]1c1cccs1. The highest BCUT2D eigenvalue weighted by atomic mass is 32.1. The van der Waals surface area contributed by atoms with Crippen molar-refractivity contribution in [2.45, 2.75) is 5.92 Å². The standard InChI is InChI=1S/C18H10N4O3S2/c19-8-10-13(12-4-2-6-27-12)14-16(25-18(20)21-14)22-11(17(23)24-15(10)22)7-9-3-1-5-26-9/h1-7,13H,(H2,20,21)/b11-7+/t13-/m1/s1. The van der Waals surface area contributed by atoms with Gasteiger partial charge in [-0.3, -0.25) is 0 Å². The number of hydrogen-bond donors (Lipinski definition) is 1. The molecule has 0 fully saturated rings. The molecule has 0 saturated carbocycles. The highest BCUT2D eigenvalue weighted by molar-refractivity contribution is 7.10. The zero-order valence-corrected chi connectivity index (χ0v) is 15.2. The van der Waals surface area contributed by atoms with E-state index in [0.29, 0.717) is 17.2 Å². The van der Waals surface area contributed by atoms with Gasteiger partial charge in [-0.05, 0) is 29.0 Å². The number of anilines is 1. The van der Waals surface area contributed by atoms with E-state index in [9.17, 15) is 10.1 Å². The molecule has 0 amide bonds. The number of hydrogen-bond acceptors (Lipinski definition) is 8. The fourth-order valence-corrected chi connectivity index (χ4v) is 4.68. The van der Waals surface area contributed by atoms with E-state index in [-0.39, 0.29) is 16.9 Å². The van der Waals surface area contributed by atoms with Crippen LogP contribution in [0.3, 0.4) is 0 Å². The molecule has 27 heavy (non-hydrogen) atoms. The van der Waals surface area contributed by atoms with Gasteiger partial charge in [0.15, 0.2) is 0 Å². The van der Waals surface area contributed by atoms with Crippen molar-refractivity contribution in [2.24, 2.45) is 0 Å². The molecule has 4 aromatic heterocycles. The maximum Gasteiger partial charge on any atom is 0.362 e. The summed E-state index contributed by atoms with van der Waals surface area (Å²) in [6.45, 7) is 0. The summed E-state index contributed by atoms with van der Waals surface area (Å²) < 4.78 is 12.6. The smallest absolute Gasteiger partial charge is 0.362 e. The average Bonchev–Trinajstić information content (AvgIpc) is 3.42. The van der Waals surface area contributed by atoms with Crippen molar-refractivity contribution >= 4 is 40.3 Å². The molecule has 5 rings (SSSR count). The molecule has 2 N–H and O–H groups in total. The second-order valence-electron chi connectivity index (χ2n) is 5.79. The molecule has 0 saturated heterocycles. The summed E-state index contributed by atoms with van der Waals surface area (Å²) in [5, 5.41) is 13.9. The van der Waals surface area contributed by atoms with Crippen molar-refractivity contribution in [3.8, 4) is 12.0 Å². The van der Waals surface area contributed by atoms with E-state index in [1.54, 1.807) is 6.08 Å². The Hall–Kier alpha value is -3.35. The Labute approximate surface area is 159 Å². The third-order valence-electron chi connectivity index (χ3n) is 4.26. The summed E-state index contributed by atoms with van der Waals surface area (Å²) >= 11 is 2.96. The van der Waals surface area contributed by atoms with E-state index in [1.807, 2.05) is 35.0 Å². The van der Waals surface area contributed by atoms with Crippen LogP contribution in [0.15, 0.2) is 48.7 Å². The lowest BCUT2D eigenvalue weighted by atomic mass is 9.93. The lowest BCUT2D eigenvalue weighted by Gasteiger charge is -2.17. The molecule has 4 aromatic rings. The first-order valence-electron chi connectivity index (χ1n) is 7.88. The minimum Gasteiger partial charge on any atom is -0.406 e. The first kappa shape index (κ1) is 15.9. The summed E-state index contributed by atoms with van der Waals surface area (Å²) in [5.74, 6) is -0.195. The molecule has 0 unspecified atom stereocenters. The third-order valence-corrected chi connectivity index (χ3v) is 6.02. The minimum absolute atomic E-state index is 0.0325. The molecule has 0 aromatic carbocycles. The van der Waals surface area contributed by atoms with Crippen molar-refractivity contribution in [2.75, 3.05) is 5.73 Å². The topological polar surface area (TPSA) is 111 Å². The lowest BCUT2D eigenvalue weighted by molar-refractivity contribution is 0.455. The van der Waals surface area contributed by atoms with E-state index in [2.05, 4.69) is 11.1 Å². The van der Waals surface area contributed by atoms with Crippen LogP contribution in [0.2, 0.25) is 0 Å². The first-order valence-corrected chi connectivity index (χ1v) is 9.64. The largest absolute Gasteiger partial charge is 0.406 e. The van der Waals surface area contributed by atoms with Gasteiger partial charge < -0.3 is 14.6 Å². The fraction of sp³-hybridized carbons (Fsp3) is 0.0556. The summed E-state index contributed by atoms with van der Waals surface area (Å²) in [7, 11) is 0. The van der Waals surface area contributed by atoms with Crippen LogP contribution in [-0.4, -0.2) is 9.55 Å². The first-order chi connectivity index (χ1) is 13.2. The summed E-state index contributed by atoms with van der Waals surface area (Å²) in [4.78, 5) is 18.6. The Kier molecular flexibility index (Phi) is 3.43. The number of nitrogen functional groups attached to an aromatic ring is 1. The van der Waals surface area contributed by atoms with Gasteiger partial charge in [-0.25, -0.2) is 9.36 Å². The molecule has 132 valence electrons. The molecule has 7 nitrogen and oxygen atoms in total. The highest BCUT2D eigenvalue weighted by Crippen LogP contribution is 2.39. The van der Waals surface area contributed by atoms with Crippen LogP contribution >= 0.6 is 22.7 Å². The van der Waals surface area contributed by atoms with E-state index in [4.69, 9.17) is 14.6 Å². The minimum atomic E-state index is -0.557. The molecule has 0 bridgehead atoms. The molecule has 0 radical (unpaired) electrons. The van der Waals surface area contributed by atoms with Crippen LogP contribution in [0.1, 0.15) is 21.4 Å². The van der Waals surface area contributed by atoms with Gasteiger partial charge in [0.2, 0.25) is 11.4 Å². The van der Waals surface area contributed by atoms with Gasteiger partial charge >= 0.3 is 5.63 Å². The number of nitrogens with two attached hydrogens (primary N) is 1. The molecule has 9 heteroatoms. The Morgan fingerprint density at radius 2 is 2.07 bits per heavy atom. The highest BCUT2D eigenvalue weighted by Gasteiger charge is 2.36. The predicted octanol–water partition coefficient (Wildman–Crippen LogP) is 1.77. The summed E-state index contributed by atoms with van der Waals surface area (Å²) in [5.41, 5.74) is 6.19. The Morgan fingerprint density at radius 1 is 1.26 bits per heavy atom. The molecule has 0 aliphatic carbocycles. The van der Waals surface area contributed by atoms with Crippen LogP contribution in [-0.2, 0) is 0 Å². The van der Waals surface area contributed by atoms with Gasteiger partial charge in [0.05, 0.1) is 5.92 Å². The van der Waals surface area contributed by atoms with Crippen molar-refractivity contribution in [3.05, 3.63) is 71.8 Å². The number of nitriles is 1. The number of thiophene rings is 2. The quantitative estimate of drug-likeness (QED) is 0.555. The Bertz CT molecular complexity index is 1370. The second kappa shape index (κ2) is 5.84. The molecule has 1 aliphatic heterocycles. The van der Waals surface area contributed by atoms with Gasteiger partial charge in [-0.1, -0.05) is 12.1 Å². The maximum absolute atomic E-state index is 12.6. The van der Waals surface area contributed by atoms with Crippen molar-refractivity contribution in [1.29, 1.82) is 5.26 Å². The van der Waals surface area contributed by atoms with Gasteiger partial charge in [-0.15, -0.1) is 22.7 Å². The molecule has 1 atom stereocenters. The second-order valence-corrected chi connectivity index (χ2v) is 7.75. The Morgan fingerprint density at radius 3 is 2.78 bits per heavy atom. The van der Waals surface area contributed by atoms with Crippen molar-refractivity contribution in [1.82, 2.24) is 9.55 Å². The number of rotatable bonds is 2. The van der Waals surface area contributed by atoms with E-state index in [1.165, 1.54) is 27.2 Å². The van der Waals surface area contributed by atoms with Gasteiger partial charge in [0.1, 0.15) is 22.7 Å². The monoisotopic (exact) mass is 394 g/mol. The van der Waals surface area contributed by atoms with E-state index in [0.717, 1.165) is 9.75 Å². The zero-order valence-electron chi connectivity index (χ0n) is 13.6. The zero-order chi connectivity index (χ0) is 18.5.